The highest BCUT2D eigenvalue weighted by atomic mass is 32.2. The van der Waals surface area contributed by atoms with Crippen LogP contribution in [0.25, 0.3) is 5.65 Å². The van der Waals surface area contributed by atoms with Crippen LogP contribution in [0.5, 0.6) is 0 Å². The van der Waals surface area contributed by atoms with Crippen molar-refractivity contribution in [1.29, 1.82) is 0 Å². The summed E-state index contributed by atoms with van der Waals surface area (Å²) in [4.78, 5) is 17.1. The van der Waals surface area contributed by atoms with Crippen LogP contribution in [0.4, 0.5) is 4.39 Å². The number of imidazole rings is 1. The lowest BCUT2D eigenvalue weighted by molar-refractivity contribution is -0.126. The maximum absolute atomic E-state index is 13.1. The van der Waals surface area contributed by atoms with E-state index in [0.29, 0.717) is 25.8 Å². The molecule has 1 aliphatic heterocycles. The van der Waals surface area contributed by atoms with Gasteiger partial charge in [0.2, 0.25) is 15.9 Å². The number of aromatic nitrogens is 2. The summed E-state index contributed by atoms with van der Waals surface area (Å²) in [6.07, 6.45) is 5.42. The van der Waals surface area contributed by atoms with E-state index in [1.165, 1.54) is 16.4 Å². The van der Waals surface area contributed by atoms with E-state index in [-0.39, 0.29) is 29.8 Å². The summed E-state index contributed by atoms with van der Waals surface area (Å²) in [5.41, 5.74) is 1.77. The quantitative estimate of drug-likeness (QED) is 0.650. The van der Waals surface area contributed by atoms with Gasteiger partial charge in [-0.05, 0) is 49.2 Å². The average Bonchev–Trinajstić information content (AvgIpc) is 3.17. The van der Waals surface area contributed by atoms with Crippen molar-refractivity contribution >= 4 is 21.6 Å². The molecule has 0 aliphatic carbocycles. The highest BCUT2D eigenvalue weighted by Crippen LogP contribution is 2.24. The second-order valence-corrected chi connectivity index (χ2v) is 9.31. The first-order chi connectivity index (χ1) is 14.4. The summed E-state index contributed by atoms with van der Waals surface area (Å²) < 4.78 is 41.7. The molecule has 9 heteroatoms. The van der Waals surface area contributed by atoms with Crippen LogP contribution in [0.2, 0.25) is 0 Å². The molecule has 0 unspecified atom stereocenters. The number of benzene rings is 1. The average molecular weight is 431 g/mol. The van der Waals surface area contributed by atoms with Gasteiger partial charge in [0.05, 0.1) is 10.6 Å². The monoisotopic (exact) mass is 430 g/mol. The van der Waals surface area contributed by atoms with E-state index in [9.17, 15) is 17.6 Å². The van der Waals surface area contributed by atoms with Crippen LogP contribution in [0.15, 0.2) is 59.8 Å². The summed E-state index contributed by atoms with van der Waals surface area (Å²) >= 11 is 0. The van der Waals surface area contributed by atoms with Crippen molar-refractivity contribution in [1.82, 2.24) is 19.0 Å². The highest BCUT2D eigenvalue weighted by molar-refractivity contribution is 7.89. The Morgan fingerprint density at radius 2 is 1.87 bits per heavy atom. The van der Waals surface area contributed by atoms with Gasteiger partial charge < -0.3 is 9.72 Å². The summed E-state index contributed by atoms with van der Waals surface area (Å²) in [6.45, 7) is 1.02. The van der Waals surface area contributed by atoms with Crippen LogP contribution in [0, 0.1) is 11.7 Å². The second-order valence-electron chi connectivity index (χ2n) is 7.37. The lowest BCUT2D eigenvalue weighted by Gasteiger charge is -2.30. The maximum Gasteiger partial charge on any atom is 0.243 e. The van der Waals surface area contributed by atoms with E-state index in [1.54, 1.807) is 0 Å². The number of carbonyl (C=O) groups is 1. The van der Waals surface area contributed by atoms with Crippen LogP contribution < -0.4 is 5.32 Å². The maximum atomic E-state index is 13.1. The van der Waals surface area contributed by atoms with Crippen molar-refractivity contribution in [3.63, 3.8) is 0 Å². The fourth-order valence-corrected chi connectivity index (χ4v) is 5.15. The molecule has 3 heterocycles. The Hall–Kier alpha value is -2.78. The summed E-state index contributed by atoms with van der Waals surface area (Å²) in [7, 11) is -3.67. The SMILES string of the molecule is O=C(NCCc1cn2ccccc2n1)C1CCN(S(=O)(=O)c2ccc(F)cc2)CC1. The van der Waals surface area contributed by atoms with Crippen LogP contribution in [-0.4, -0.2) is 47.6 Å². The predicted molar refractivity (Wildman–Crippen MR) is 110 cm³/mol. The van der Waals surface area contributed by atoms with E-state index in [4.69, 9.17) is 0 Å². The molecule has 1 N–H and O–H groups in total. The Balaban J connectivity index is 1.27. The predicted octanol–water partition coefficient (Wildman–Crippen LogP) is 2.23. The Kier molecular flexibility index (Phi) is 5.83. The zero-order valence-electron chi connectivity index (χ0n) is 16.4. The minimum atomic E-state index is -3.67. The summed E-state index contributed by atoms with van der Waals surface area (Å²) in [6, 6.07) is 10.6. The van der Waals surface area contributed by atoms with Gasteiger partial charge in [-0.3, -0.25) is 4.79 Å². The molecular formula is C21H23FN4O3S. The van der Waals surface area contributed by atoms with E-state index in [1.807, 2.05) is 35.0 Å². The first-order valence-electron chi connectivity index (χ1n) is 9.89. The molecule has 30 heavy (non-hydrogen) atoms. The number of amides is 1. The molecule has 0 saturated carbocycles. The van der Waals surface area contributed by atoms with Gasteiger partial charge in [-0.15, -0.1) is 0 Å². The number of rotatable bonds is 6. The zero-order valence-corrected chi connectivity index (χ0v) is 17.2. The Bertz CT molecular complexity index is 1100. The van der Waals surface area contributed by atoms with E-state index in [0.717, 1.165) is 23.5 Å². The Labute approximate surface area is 174 Å². The largest absolute Gasteiger partial charge is 0.355 e. The number of hydrogen-bond donors (Lipinski definition) is 1. The fourth-order valence-electron chi connectivity index (χ4n) is 3.68. The zero-order chi connectivity index (χ0) is 21.1. The molecule has 0 spiro atoms. The van der Waals surface area contributed by atoms with Gasteiger partial charge in [-0.1, -0.05) is 6.07 Å². The molecule has 1 aliphatic rings. The normalized spacial score (nSPS) is 16.0. The molecule has 0 bridgehead atoms. The number of nitrogens with one attached hydrogen (secondary N) is 1. The van der Waals surface area contributed by atoms with Gasteiger partial charge >= 0.3 is 0 Å². The molecule has 1 fully saturated rings. The lowest BCUT2D eigenvalue weighted by atomic mass is 9.97. The van der Waals surface area contributed by atoms with Crippen LogP contribution in [-0.2, 0) is 21.2 Å². The molecule has 7 nitrogen and oxygen atoms in total. The van der Waals surface area contributed by atoms with Crippen molar-refractivity contribution < 1.29 is 17.6 Å². The van der Waals surface area contributed by atoms with Gasteiger partial charge in [-0.25, -0.2) is 17.8 Å². The Morgan fingerprint density at radius 3 is 2.57 bits per heavy atom. The van der Waals surface area contributed by atoms with Gasteiger partial charge in [-0.2, -0.15) is 4.31 Å². The van der Waals surface area contributed by atoms with Crippen LogP contribution in [0.3, 0.4) is 0 Å². The molecule has 1 amide bonds. The van der Waals surface area contributed by atoms with Crippen molar-refractivity contribution in [2.24, 2.45) is 5.92 Å². The molecule has 3 aromatic rings. The fraction of sp³-hybridized carbons (Fsp3) is 0.333. The molecule has 1 aromatic carbocycles. The molecule has 1 saturated heterocycles. The minimum Gasteiger partial charge on any atom is -0.355 e. The number of hydrogen-bond acceptors (Lipinski definition) is 4. The van der Waals surface area contributed by atoms with Crippen molar-refractivity contribution in [2.75, 3.05) is 19.6 Å². The number of piperidine rings is 1. The van der Waals surface area contributed by atoms with Crippen molar-refractivity contribution in [2.45, 2.75) is 24.2 Å². The molecule has 0 radical (unpaired) electrons. The van der Waals surface area contributed by atoms with E-state index in [2.05, 4.69) is 10.3 Å². The van der Waals surface area contributed by atoms with Gasteiger partial charge in [0, 0.05) is 44.4 Å². The number of pyridine rings is 1. The van der Waals surface area contributed by atoms with Gasteiger partial charge in [0.15, 0.2) is 0 Å². The number of halogens is 1. The number of sulfonamides is 1. The van der Waals surface area contributed by atoms with Crippen LogP contribution >= 0.6 is 0 Å². The van der Waals surface area contributed by atoms with E-state index >= 15 is 0 Å². The molecular weight excluding hydrogens is 407 g/mol. The molecule has 0 atom stereocenters. The highest BCUT2D eigenvalue weighted by Gasteiger charge is 2.32. The van der Waals surface area contributed by atoms with Crippen molar-refractivity contribution in [3.8, 4) is 0 Å². The topological polar surface area (TPSA) is 83.8 Å². The molecule has 158 valence electrons. The first kappa shape index (κ1) is 20.5. The second kappa shape index (κ2) is 8.53. The standard InChI is InChI=1S/C21H23FN4O3S/c22-17-4-6-19(7-5-17)30(28,29)26-13-9-16(10-14-26)21(27)23-11-8-18-15-25-12-2-1-3-20(25)24-18/h1-7,12,15-16H,8-11,13-14H2,(H,23,27). The lowest BCUT2D eigenvalue weighted by Crippen LogP contribution is -2.43. The van der Waals surface area contributed by atoms with Gasteiger partial charge in [0.1, 0.15) is 11.5 Å². The van der Waals surface area contributed by atoms with E-state index < -0.39 is 15.8 Å². The number of fused-ring (bicyclic) bond motifs is 1. The molecule has 4 rings (SSSR count). The van der Waals surface area contributed by atoms with Gasteiger partial charge in [0.25, 0.3) is 0 Å². The Morgan fingerprint density at radius 1 is 1.13 bits per heavy atom. The third-order valence-electron chi connectivity index (χ3n) is 5.37. The number of carbonyl (C=O) groups excluding carboxylic acids is 1. The summed E-state index contributed by atoms with van der Waals surface area (Å²) in [5.74, 6) is -0.753. The number of nitrogens with zero attached hydrogens (tertiary/aromatic N) is 3. The summed E-state index contributed by atoms with van der Waals surface area (Å²) in [5, 5.41) is 2.94. The molecule has 2 aromatic heterocycles. The third kappa shape index (κ3) is 4.36. The third-order valence-corrected chi connectivity index (χ3v) is 7.28. The van der Waals surface area contributed by atoms with Crippen molar-refractivity contribution in [3.05, 3.63) is 66.4 Å². The first-order valence-corrected chi connectivity index (χ1v) is 11.3. The minimum absolute atomic E-state index is 0.0578. The smallest absolute Gasteiger partial charge is 0.243 e. The van der Waals surface area contributed by atoms with Crippen LogP contribution in [0.1, 0.15) is 18.5 Å².